The summed E-state index contributed by atoms with van der Waals surface area (Å²) in [6, 6.07) is 9.84. The number of halogens is 1. The molecule has 0 nitrogen and oxygen atoms in total. The predicted octanol–water partition coefficient (Wildman–Crippen LogP) is 5.80. The highest BCUT2D eigenvalue weighted by Crippen LogP contribution is 2.22. The van der Waals surface area contributed by atoms with Crippen LogP contribution in [0.25, 0.3) is 10.8 Å². The van der Waals surface area contributed by atoms with E-state index in [4.69, 9.17) is 0 Å². The number of unbranched alkanes of at least 4 members (excludes halogenated alkanes) is 4. The Morgan fingerprint density at radius 1 is 0.947 bits per heavy atom. The van der Waals surface area contributed by atoms with Gasteiger partial charge in [-0.1, -0.05) is 56.4 Å². The van der Waals surface area contributed by atoms with E-state index in [2.05, 4.69) is 13.0 Å². The van der Waals surface area contributed by atoms with Gasteiger partial charge in [-0.05, 0) is 42.8 Å². The van der Waals surface area contributed by atoms with E-state index in [-0.39, 0.29) is 5.82 Å². The molecule has 0 heterocycles. The van der Waals surface area contributed by atoms with Crippen molar-refractivity contribution >= 4 is 10.8 Å². The number of rotatable bonds is 6. The van der Waals surface area contributed by atoms with Crippen LogP contribution >= 0.6 is 0 Å². The van der Waals surface area contributed by atoms with Gasteiger partial charge in [0, 0.05) is 5.39 Å². The van der Waals surface area contributed by atoms with Crippen LogP contribution in [-0.4, -0.2) is 0 Å². The molecule has 0 bridgehead atoms. The van der Waals surface area contributed by atoms with E-state index >= 15 is 0 Å². The van der Waals surface area contributed by atoms with Crippen LogP contribution in [-0.2, 0) is 6.42 Å². The molecule has 0 unspecified atom stereocenters. The lowest BCUT2D eigenvalue weighted by Crippen LogP contribution is -1.90. The fourth-order valence-corrected chi connectivity index (χ4v) is 2.56. The second-order valence-corrected chi connectivity index (χ2v) is 5.47. The second kappa shape index (κ2) is 6.70. The minimum atomic E-state index is -0.0789. The highest BCUT2D eigenvalue weighted by Gasteiger charge is 2.04. The summed E-state index contributed by atoms with van der Waals surface area (Å²) in [5.74, 6) is -0.0789. The number of benzene rings is 2. The van der Waals surface area contributed by atoms with Crippen molar-refractivity contribution in [1.82, 2.24) is 0 Å². The van der Waals surface area contributed by atoms with Crippen LogP contribution in [0.1, 0.15) is 50.2 Å². The predicted molar refractivity (Wildman–Crippen MR) is 81.1 cm³/mol. The molecule has 0 atom stereocenters. The molecule has 0 saturated carbocycles. The molecule has 0 radical (unpaired) electrons. The van der Waals surface area contributed by atoms with Crippen molar-refractivity contribution in [1.29, 1.82) is 0 Å². The number of fused-ring (bicyclic) bond motifs is 1. The lowest BCUT2D eigenvalue weighted by Gasteiger charge is -2.06. The monoisotopic (exact) mass is 258 g/mol. The molecule has 0 spiro atoms. The van der Waals surface area contributed by atoms with Crippen LogP contribution in [0.2, 0.25) is 0 Å². The van der Waals surface area contributed by atoms with Crippen molar-refractivity contribution in [3.8, 4) is 0 Å². The zero-order valence-corrected chi connectivity index (χ0v) is 12.0. The van der Waals surface area contributed by atoms with Gasteiger partial charge in [-0.2, -0.15) is 0 Å². The largest absolute Gasteiger partial charge is 0.206 e. The third kappa shape index (κ3) is 3.79. The summed E-state index contributed by atoms with van der Waals surface area (Å²) in [5, 5.41) is 1.77. The summed E-state index contributed by atoms with van der Waals surface area (Å²) in [5.41, 5.74) is 2.24. The average Bonchev–Trinajstić information content (AvgIpc) is 2.39. The Morgan fingerprint density at radius 3 is 2.53 bits per heavy atom. The third-order valence-electron chi connectivity index (χ3n) is 3.69. The van der Waals surface area contributed by atoms with E-state index in [0.29, 0.717) is 0 Å². The van der Waals surface area contributed by atoms with Gasteiger partial charge in [-0.25, -0.2) is 4.39 Å². The molecular weight excluding hydrogens is 235 g/mol. The summed E-state index contributed by atoms with van der Waals surface area (Å²) in [7, 11) is 0. The fourth-order valence-electron chi connectivity index (χ4n) is 2.56. The van der Waals surface area contributed by atoms with E-state index in [1.165, 1.54) is 25.7 Å². The summed E-state index contributed by atoms with van der Waals surface area (Å²) in [4.78, 5) is 0. The third-order valence-corrected chi connectivity index (χ3v) is 3.69. The first-order valence-electron chi connectivity index (χ1n) is 7.39. The molecule has 0 N–H and O–H groups in total. The lowest BCUT2D eigenvalue weighted by molar-refractivity contribution is 0.622. The minimum Gasteiger partial charge on any atom is -0.206 e. The first-order valence-corrected chi connectivity index (χ1v) is 7.39. The molecule has 102 valence electrons. The molecule has 19 heavy (non-hydrogen) atoms. The average molecular weight is 258 g/mol. The summed E-state index contributed by atoms with van der Waals surface area (Å²) in [6.07, 6.45) is 7.28. The molecule has 2 aromatic carbocycles. The van der Waals surface area contributed by atoms with Crippen LogP contribution in [0, 0.1) is 12.7 Å². The molecule has 0 aliphatic rings. The quantitative estimate of drug-likeness (QED) is 0.574. The van der Waals surface area contributed by atoms with Gasteiger partial charge in [0.15, 0.2) is 0 Å². The van der Waals surface area contributed by atoms with E-state index in [1.54, 1.807) is 6.07 Å². The van der Waals surface area contributed by atoms with Crippen molar-refractivity contribution in [2.45, 2.75) is 52.4 Å². The maximum Gasteiger partial charge on any atom is 0.131 e. The molecule has 2 rings (SSSR count). The van der Waals surface area contributed by atoms with Gasteiger partial charge in [0.05, 0.1) is 0 Å². The van der Waals surface area contributed by atoms with E-state index in [1.807, 2.05) is 25.1 Å². The number of hydrogen-bond donors (Lipinski definition) is 0. The van der Waals surface area contributed by atoms with Gasteiger partial charge in [-0.15, -0.1) is 0 Å². The Morgan fingerprint density at radius 2 is 1.74 bits per heavy atom. The topological polar surface area (TPSA) is 0 Å². The minimum absolute atomic E-state index is 0.0789. The van der Waals surface area contributed by atoms with Crippen LogP contribution in [0.3, 0.4) is 0 Å². The highest BCUT2D eigenvalue weighted by atomic mass is 19.1. The van der Waals surface area contributed by atoms with E-state index < -0.39 is 0 Å². The highest BCUT2D eigenvalue weighted by molar-refractivity contribution is 5.84. The van der Waals surface area contributed by atoms with Crippen molar-refractivity contribution in [3.63, 3.8) is 0 Å². The zero-order chi connectivity index (χ0) is 13.7. The summed E-state index contributed by atoms with van der Waals surface area (Å²) in [6.45, 7) is 4.22. The van der Waals surface area contributed by atoms with Gasteiger partial charge in [0.25, 0.3) is 0 Å². The van der Waals surface area contributed by atoms with Gasteiger partial charge in [0.1, 0.15) is 5.82 Å². The first-order chi connectivity index (χ1) is 9.20. The molecule has 1 heteroatoms. The SMILES string of the molecule is CCCCCCCc1cc(F)c2cc(C)ccc2c1. The Balaban J connectivity index is 2.06. The fraction of sp³-hybridized carbons (Fsp3) is 0.444. The standard InChI is InChI=1S/C18H23F/c1-3-4-5-6-7-8-15-12-16-10-9-14(2)11-17(16)18(19)13-15/h9-13H,3-8H2,1-2H3. The van der Waals surface area contributed by atoms with Crippen LogP contribution in [0.4, 0.5) is 4.39 Å². The van der Waals surface area contributed by atoms with Gasteiger partial charge < -0.3 is 0 Å². The molecule has 0 fully saturated rings. The molecule has 2 aromatic rings. The molecule has 0 saturated heterocycles. The van der Waals surface area contributed by atoms with Crippen molar-refractivity contribution < 1.29 is 4.39 Å². The molecule has 0 aliphatic carbocycles. The van der Waals surface area contributed by atoms with Crippen LogP contribution < -0.4 is 0 Å². The van der Waals surface area contributed by atoms with Gasteiger partial charge in [0.2, 0.25) is 0 Å². The zero-order valence-electron chi connectivity index (χ0n) is 12.0. The Hall–Kier alpha value is -1.37. The molecule has 0 aromatic heterocycles. The summed E-state index contributed by atoms with van der Waals surface area (Å²) >= 11 is 0. The van der Waals surface area contributed by atoms with Crippen molar-refractivity contribution in [2.24, 2.45) is 0 Å². The molecule has 0 amide bonds. The van der Waals surface area contributed by atoms with Gasteiger partial charge >= 0.3 is 0 Å². The maximum absolute atomic E-state index is 14.1. The second-order valence-electron chi connectivity index (χ2n) is 5.47. The Bertz CT molecular complexity index is 543. The van der Waals surface area contributed by atoms with Crippen LogP contribution in [0.5, 0.6) is 0 Å². The normalized spacial score (nSPS) is 11.1. The lowest BCUT2D eigenvalue weighted by atomic mass is 10.0. The van der Waals surface area contributed by atoms with Crippen molar-refractivity contribution in [2.75, 3.05) is 0 Å². The maximum atomic E-state index is 14.1. The Kier molecular flexibility index (Phi) is 4.95. The van der Waals surface area contributed by atoms with Crippen molar-refractivity contribution in [3.05, 3.63) is 47.3 Å². The first kappa shape index (κ1) is 14.0. The molecule has 0 aliphatic heterocycles. The van der Waals surface area contributed by atoms with Gasteiger partial charge in [-0.3, -0.25) is 0 Å². The molecular formula is C18H23F. The Labute approximate surface area is 115 Å². The van der Waals surface area contributed by atoms with Crippen LogP contribution in [0.15, 0.2) is 30.3 Å². The smallest absolute Gasteiger partial charge is 0.131 e. The number of hydrogen-bond acceptors (Lipinski definition) is 0. The summed E-state index contributed by atoms with van der Waals surface area (Å²) < 4.78 is 14.1. The number of aryl methyl sites for hydroxylation is 2. The van der Waals surface area contributed by atoms with E-state index in [0.717, 1.165) is 34.7 Å². The van der Waals surface area contributed by atoms with E-state index in [9.17, 15) is 4.39 Å².